The van der Waals surface area contributed by atoms with Crippen LogP contribution in [-0.4, -0.2) is 37.1 Å². The van der Waals surface area contributed by atoms with Gasteiger partial charge in [-0.1, -0.05) is 12.1 Å². The van der Waals surface area contributed by atoms with Gasteiger partial charge < -0.3 is 20.5 Å². The Kier molecular flexibility index (Phi) is 6.44. The second kappa shape index (κ2) is 7.84. The Balaban J connectivity index is 2.29. The predicted molar refractivity (Wildman–Crippen MR) is 71.0 cm³/mol. The van der Waals surface area contributed by atoms with Gasteiger partial charge in [-0.15, -0.1) is 0 Å². The molecule has 1 rings (SSSR count). The number of benzene rings is 1. The minimum Gasteiger partial charge on any atom is -0.389 e. The molecular formula is C13H17F3N2O3. The second-order valence-electron chi connectivity index (χ2n) is 4.35. The average Bonchev–Trinajstić information content (AvgIpc) is 2.37. The Bertz CT molecular complexity index is 464. The topological polar surface area (TPSA) is 70.6 Å². The zero-order valence-corrected chi connectivity index (χ0v) is 11.4. The lowest BCUT2D eigenvalue weighted by molar-refractivity contribution is -0.173. The quantitative estimate of drug-likeness (QED) is 0.707. The second-order valence-corrected chi connectivity index (χ2v) is 4.35. The van der Waals surface area contributed by atoms with E-state index in [4.69, 9.17) is 0 Å². The molecule has 0 saturated heterocycles. The number of aliphatic hydroxyl groups excluding tert-OH is 1. The molecule has 2 amide bonds. The summed E-state index contributed by atoms with van der Waals surface area (Å²) in [4.78, 5) is 11.5. The third kappa shape index (κ3) is 7.52. The highest BCUT2D eigenvalue weighted by molar-refractivity contribution is 5.89. The van der Waals surface area contributed by atoms with Crippen LogP contribution in [0.1, 0.15) is 18.6 Å². The largest absolute Gasteiger partial charge is 0.411 e. The van der Waals surface area contributed by atoms with Crippen molar-refractivity contribution in [1.29, 1.82) is 0 Å². The van der Waals surface area contributed by atoms with Crippen LogP contribution in [0.3, 0.4) is 0 Å². The monoisotopic (exact) mass is 306 g/mol. The number of carbonyl (C=O) groups is 1. The number of hydrogen-bond donors (Lipinski definition) is 3. The minimum atomic E-state index is -4.37. The smallest absolute Gasteiger partial charge is 0.389 e. The van der Waals surface area contributed by atoms with E-state index in [0.717, 1.165) is 0 Å². The summed E-state index contributed by atoms with van der Waals surface area (Å²) in [5.74, 6) is 0. The zero-order chi connectivity index (χ0) is 15.9. The van der Waals surface area contributed by atoms with Crippen molar-refractivity contribution < 1.29 is 27.8 Å². The molecule has 3 N–H and O–H groups in total. The van der Waals surface area contributed by atoms with Gasteiger partial charge in [0, 0.05) is 12.2 Å². The van der Waals surface area contributed by atoms with Crippen molar-refractivity contribution in [3.8, 4) is 0 Å². The number of hydrogen-bond acceptors (Lipinski definition) is 3. The maximum atomic E-state index is 11.8. The molecule has 0 radical (unpaired) electrons. The molecule has 0 saturated carbocycles. The number of ether oxygens (including phenoxy) is 1. The number of nitrogens with one attached hydrogen (secondary N) is 2. The van der Waals surface area contributed by atoms with E-state index in [-0.39, 0.29) is 13.2 Å². The molecule has 5 nitrogen and oxygen atoms in total. The maximum Gasteiger partial charge on any atom is 0.411 e. The fraction of sp³-hybridized carbons (Fsp3) is 0.462. The number of halogens is 3. The summed E-state index contributed by atoms with van der Waals surface area (Å²) in [5, 5.41) is 14.3. The molecular weight excluding hydrogens is 289 g/mol. The molecule has 1 aromatic carbocycles. The number of alkyl halides is 3. The van der Waals surface area contributed by atoms with E-state index in [0.29, 0.717) is 11.3 Å². The van der Waals surface area contributed by atoms with E-state index in [1.165, 1.54) is 0 Å². The van der Waals surface area contributed by atoms with E-state index < -0.39 is 24.9 Å². The Morgan fingerprint density at radius 1 is 1.43 bits per heavy atom. The number of anilines is 1. The van der Waals surface area contributed by atoms with Gasteiger partial charge in [-0.2, -0.15) is 13.2 Å². The van der Waals surface area contributed by atoms with Crippen LogP contribution in [0.25, 0.3) is 0 Å². The molecule has 0 fully saturated rings. The molecule has 0 aliphatic heterocycles. The number of urea groups is 1. The molecule has 0 bridgehead atoms. The fourth-order valence-corrected chi connectivity index (χ4v) is 1.48. The van der Waals surface area contributed by atoms with E-state index in [1.54, 1.807) is 31.2 Å². The highest BCUT2D eigenvalue weighted by Crippen LogP contribution is 2.16. The lowest BCUT2D eigenvalue weighted by Crippen LogP contribution is -2.32. The zero-order valence-electron chi connectivity index (χ0n) is 11.4. The minimum absolute atomic E-state index is 0.0436. The van der Waals surface area contributed by atoms with Gasteiger partial charge in [-0.05, 0) is 24.6 Å². The van der Waals surface area contributed by atoms with Gasteiger partial charge >= 0.3 is 12.2 Å². The Labute approximate surface area is 120 Å². The van der Waals surface area contributed by atoms with E-state index >= 15 is 0 Å². The third-order valence-corrected chi connectivity index (χ3v) is 2.42. The molecule has 21 heavy (non-hydrogen) atoms. The summed E-state index contributed by atoms with van der Waals surface area (Å²) in [6.45, 7) is -0.0252. The van der Waals surface area contributed by atoms with Gasteiger partial charge in [-0.25, -0.2) is 4.79 Å². The molecule has 0 aliphatic rings. The normalized spacial score (nSPS) is 12.8. The molecule has 1 unspecified atom stereocenters. The average molecular weight is 306 g/mol. The molecule has 8 heteroatoms. The number of amides is 2. The van der Waals surface area contributed by atoms with Crippen molar-refractivity contribution in [1.82, 2.24) is 5.32 Å². The Morgan fingerprint density at radius 3 is 2.76 bits per heavy atom. The van der Waals surface area contributed by atoms with Crippen molar-refractivity contribution >= 4 is 11.7 Å². The SMILES string of the molecule is CC(O)c1cccc(NC(=O)NCCOCC(F)(F)F)c1. The molecule has 0 aliphatic carbocycles. The van der Waals surface area contributed by atoms with Crippen LogP contribution >= 0.6 is 0 Å². The number of rotatable bonds is 6. The van der Waals surface area contributed by atoms with Gasteiger partial charge in [0.05, 0.1) is 12.7 Å². The molecule has 0 spiro atoms. The summed E-state index contributed by atoms with van der Waals surface area (Å²) < 4.78 is 39.7. The first-order chi connectivity index (χ1) is 9.78. The van der Waals surface area contributed by atoms with Crippen molar-refractivity contribution in [3.05, 3.63) is 29.8 Å². The Morgan fingerprint density at radius 2 is 2.14 bits per heavy atom. The van der Waals surface area contributed by atoms with Crippen LogP contribution in [0.15, 0.2) is 24.3 Å². The van der Waals surface area contributed by atoms with Crippen molar-refractivity contribution in [2.75, 3.05) is 25.1 Å². The standard InChI is InChI=1S/C13H17F3N2O3/c1-9(19)10-3-2-4-11(7-10)18-12(20)17-5-6-21-8-13(14,15)16/h2-4,7,9,19H,5-6,8H2,1H3,(H2,17,18,20). The summed E-state index contributed by atoms with van der Waals surface area (Å²) in [6.07, 6.45) is -5.03. The highest BCUT2D eigenvalue weighted by atomic mass is 19.4. The van der Waals surface area contributed by atoms with Crippen LogP contribution < -0.4 is 10.6 Å². The van der Waals surface area contributed by atoms with Gasteiger partial charge in [-0.3, -0.25) is 0 Å². The fourth-order valence-electron chi connectivity index (χ4n) is 1.48. The van der Waals surface area contributed by atoms with Gasteiger partial charge in [0.15, 0.2) is 0 Å². The molecule has 1 atom stereocenters. The van der Waals surface area contributed by atoms with Crippen LogP contribution in [0.2, 0.25) is 0 Å². The molecule has 1 aromatic rings. The highest BCUT2D eigenvalue weighted by Gasteiger charge is 2.27. The lowest BCUT2D eigenvalue weighted by Gasteiger charge is -2.11. The predicted octanol–water partition coefficient (Wildman–Crippen LogP) is 2.44. The van der Waals surface area contributed by atoms with E-state index in [9.17, 15) is 23.1 Å². The van der Waals surface area contributed by atoms with Crippen LogP contribution in [0.5, 0.6) is 0 Å². The first-order valence-electron chi connectivity index (χ1n) is 6.25. The lowest BCUT2D eigenvalue weighted by atomic mass is 10.1. The van der Waals surface area contributed by atoms with Crippen molar-refractivity contribution in [3.63, 3.8) is 0 Å². The first kappa shape index (κ1) is 17.3. The summed E-state index contributed by atoms with van der Waals surface area (Å²) in [5.41, 5.74) is 1.11. The van der Waals surface area contributed by atoms with E-state index in [2.05, 4.69) is 15.4 Å². The summed E-state index contributed by atoms with van der Waals surface area (Å²) in [6, 6.07) is 6.05. The summed E-state index contributed by atoms with van der Waals surface area (Å²) in [7, 11) is 0. The van der Waals surface area contributed by atoms with E-state index in [1.807, 2.05) is 0 Å². The van der Waals surface area contributed by atoms with Gasteiger partial charge in [0.1, 0.15) is 6.61 Å². The van der Waals surface area contributed by atoms with Gasteiger partial charge in [0.25, 0.3) is 0 Å². The third-order valence-electron chi connectivity index (χ3n) is 2.42. The van der Waals surface area contributed by atoms with Crippen LogP contribution in [0, 0.1) is 0 Å². The van der Waals surface area contributed by atoms with Crippen molar-refractivity contribution in [2.24, 2.45) is 0 Å². The number of aliphatic hydroxyl groups is 1. The number of carbonyl (C=O) groups excluding carboxylic acids is 1. The molecule has 0 heterocycles. The Hall–Kier alpha value is -1.80. The molecule has 118 valence electrons. The maximum absolute atomic E-state index is 11.8. The van der Waals surface area contributed by atoms with Crippen molar-refractivity contribution in [2.45, 2.75) is 19.2 Å². The van der Waals surface area contributed by atoms with Crippen LogP contribution in [-0.2, 0) is 4.74 Å². The summed E-state index contributed by atoms with van der Waals surface area (Å²) >= 11 is 0. The first-order valence-corrected chi connectivity index (χ1v) is 6.25. The van der Waals surface area contributed by atoms with Crippen LogP contribution in [0.4, 0.5) is 23.7 Å². The van der Waals surface area contributed by atoms with Gasteiger partial charge in [0.2, 0.25) is 0 Å². The molecule has 0 aromatic heterocycles.